The lowest BCUT2D eigenvalue weighted by Crippen LogP contribution is -2.43. The third kappa shape index (κ3) is 3.60. The van der Waals surface area contributed by atoms with E-state index in [0.29, 0.717) is 6.10 Å². The van der Waals surface area contributed by atoms with Crippen LogP contribution in [0, 0.1) is 5.92 Å². The molecule has 0 aromatic heterocycles. The van der Waals surface area contributed by atoms with Crippen LogP contribution < -0.4 is 10.6 Å². The summed E-state index contributed by atoms with van der Waals surface area (Å²) in [7, 11) is 0. The summed E-state index contributed by atoms with van der Waals surface area (Å²) in [6.07, 6.45) is 1.73. The molecule has 5 heteroatoms. The smallest absolute Gasteiger partial charge is 0.0740 e. The highest BCUT2D eigenvalue weighted by Crippen LogP contribution is 2.16. The Bertz CT molecular complexity index is 123. The molecule has 2 fully saturated rings. The van der Waals surface area contributed by atoms with E-state index in [0.717, 1.165) is 38.7 Å². The van der Waals surface area contributed by atoms with Gasteiger partial charge < -0.3 is 15.4 Å². The van der Waals surface area contributed by atoms with E-state index in [1.54, 1.807) is 0 Å². The molecule has 0 aromatic carbocycles. The molecular formula is C8H18Cl2N2O. The molecule has 2 saturated heterocycles. The molecule has 2 aliphatic heterocycles. The van der Waals surface area contributed by atoms with E-state index < -0.39 is 0 Å². The normalized spacial score (nSPS) is 33.2. The Labute approximate surface area is 91.8 Å². The van der Waals surface area contributed by atoms with Crippen molar-refractivity contribution < 1.29 is 4.74 Å². The minimum atomic E-state index is 0. The van der Waals surface area contributed by atoms with Crippen LogP contribution in [0.15, 0.2) is 0 Å². The van der Waals surface area contributed by atoms with Crippen molar-refractivity contribution >= 4 is 24.8 Å². The van der Waals surface area contributed by atoms with Gasteiger partial charge in [-0.1, -0.05) is 0 Å². The molecule has 0 aliphatic carbocycles. The van der Waals surface area contributed by atoms with Gasteiger partial charge in [-0.15, -0.1) is 24.8 Å². The van der Waals surface area contributed by atoms with Gasteiger partial charge in [0.2, 0.25) is 0 Å². The predicted molar refractivity (Wildman–Crippen MR) is 58.1 cm³/mol. The quantitative estimate of drug-likeness (QED) is 0.632. The fourth-order valence-electron chi connectivity index (χ4n) is 1.88. The molecule has 2 unspecified atom stereocenters. The molecule has 2 heterocycles. The first kappa shape index (κ1) is 13.5. The lowest BCUT2D eigenvalue weighted by molar-refractivity contribution is 0.0179. The monoisotopic (exact) mass is 228 g/mol. The molecule has 0 radical (unpaired) electrons. The van der Waals surface area contributed by atoms with Gasteiger partial charge in [0.25, 0.3) is 0 Å². The summed E-state index contributed by atoms with van der Waals surface area (Å²) in [6.45, 7) is 5.25. The first-order chi connectivity index (χ1) is 5.47. The summed E-state index contributed by atoms with van der Waals surface area (Å²) in [5, 5.41) is 6.75. The third-order valence-electron chi connectivity index (χ3n) is 2.58. The van der Waals surface area contributed by atoms with Crippen molar-refractivity contribution in [2.24, 2.45) is 5.92 Å². The first-order valence-electron chi connectivity index (χ1n) is 4.50. The molecule has 0 spiro atoms. The maximum Gasteiger partial charge on any atom is 0.0740 e. The number of ether oxygens (including phenoxy) is 1. The number of nitrogens with one attached hydrogen (secondary N) is 2. The molecule has 2 rings (SSSR count). The minimum absolute atomic E-state index is 0. The van der Waals surface area contributed by atoms with Crippen LogP contribution >= 0.6 is 24.8 Å². The molecule has 80 valence electrons. The van der Waals surface area contributed by atoms with E-state index in [-0.39, 0.29) is 24.8 Å². The molecule has 0 bridgehead atoms. The van der Waals surface area contributed by atoms with Crippen LogP contribution in [0.4, 0.5) is 0 Å². The molecule has 2 aliphatic rings. The zero-order valence-electron chi connectivity index (χ0n) is 7.62. The second-order valence-corrected chi connectivity index (χ2v) is 3.37. The van der Waals surface area contributed by atoms with E-state index in [9.17, 15) is 0 Å². The van der Waals surface area contributed by atoms with Crippen LogP contribution in [-0.2, 0) is 4.74 Å². The maximum atomic E-state index is 5.68. The Morgan fingerprint density at radius 3 is 2.62 bits per heavy atom. The van der Waals surface area contributed by atoms with Gasteiger partial charge in [-0.05, 0) is 13.0 Å². The largest absolute Gasteiger partial charge is 0.375 e. The van der Waals surface area contributed by atoms with Gasteiger partial charge in [-0.2, -0.15) is 0 Å². The highest BCUT2D eigenvalue weighted by molar-refractivity contribution is 5.85. The van der Waals surface area contributed by atoms with E-state index >= 15 is 0 Å². The summed E-state index contributed by atoms with van der Waals surface area (Å²) >= 11 is 0. The van der Waals surface area contributed by atoms with Crippen molar-refractivity contribution in [3.8, 4) is 0 Å². The van der Waals surface area contributed by atoms with Gasteiger partial charge in [0.05, 0.1) is 12.7 Å². The summed E-state index contributed by atoms with van der Waals surface area (Å²) in [5.41, 5.74) is 0. The van der Waals surface area contributed by atoms with Gasteiger partial charge in [-0.25, -0.2) is 0 Å². The molecule has 2 atom stereocenters. The van der Waals surface area contributed by atoms with Gasteiger partial charge in [0.15, 0.2) is 0 Å². The molecule has 0 saturated carbocycles. The van der Waals surface area contributed by atoms with Crippen LogP contribution in [0.2, 0.25) is 0 Å². The summed E-state index contributed by atoms with van der Waals surface area (Å²) in [6, 6.07) is 0. The molecule has 2 N–H and O–H groups in total. The average molecular weight is 229 g/mol. The predicted octanol–water partition coefficient (Wildman–Crippen LogP) is 0.428. The van der Waals surface area contributed by atoms with Crippen molar-refractivity contribution in [3.63, 3.8) is 0 Å². The summed E-state index contributed by atoms with van der Waals surface area (Å²) < 4.78 is 5.68. The van der Waals surface area contributed by atoms with Crippen LogP contribution in [0.5, 0.6) is 0 Å². The molecule has 0 amide bonds. The molecule has 13 heavy (non-hydrogen) atoms. The number of hydrogen-bond donors (Lipinski definition) is 2. The van der Waals surface area contributed by atoms with Crippen molar-refractivity contribution in [1.29, 1.82) is 0 Å². The van der Waals surface area contributed by atoms with Gasteiger partial charge in [0, 0.05) is 25.6 Å². The Balaban J connectivity index is 0.000000720. The lowest BCUT2D eigenvalue weighted by Gasteiger charge is -2.29. The van der Waals surface area contributed by atoms with E-state index in [1.165, 1.54) is 6.42 Å². The highest BCUT2D eigenvalue weighted by atomic mass is 35.5. The number of rotatable bonds is 0. The first-order valence-corrected chi connectivity index (χ1v) is 4.50. The molecule has 3 nitrogen and oxygen atoms in total. The Kier molecular flexibility index (Phi) is 7.09. The fourth-order valence-corrected chi connectivity index (χ4v) is 1.88. The van der Waals surface area contributed by atoms with Crippen molar-refractivity contribution in [1.82, 2.24) is 10.6 Å². The van der Waals surface area contributed by atoms with Gasteiger partial charge in [-0.3, -0.25) is 0 Å². The minimum Gasteiger partial charge on any atom is -0.375 e. The number of hydrogen-bond acceptors (Lipinski definition) is 3. The fraction of sp³-hybridized carbons (Fsp3) is 1.00. The zero-order chi connectivity index (χ0) is 7.52. The zero-order valence-corrected chi connectivity index (χ0v) is 9.26. The van der Waals surface area contributed by atoms with Gasteiger partial charge in [0.1, 0.15) is 0 Å². The van der Waals surface area contributed by atoms with Crippen LogP contribution in [0.3, 0.4) is 0 Å². The maximum absolute atomic E-state index is 5.68. The van der Waals surface area contributed by atoms with Crippen LogP contribution in [0.25, 0.3) is 0 Å². The van der Waals surface area contributed by atoms with Crippen molar-refractivity contribution in [2.45, 2.75) is 12.5 Å². The summed E-state index contributed by atoms with van der Waals surface area (Å²) in [4.78, 5) is 0. The lowest BCUT2D eigenvalue weighted by atomic mass is 9.95. The second kappa shape index (κ2) is 6.85. The Morgan fingerprint density at radius 1 is 1.00 bits per heavy atom. The molecular weight excluding hydrogens is 211 g/mol. The van der Waals surface area contributed by atoms with E-state index in [4.69, 9.17) is 4.74 Å². The third-order valence-corrected chi connectivity index (χ3v) is 2.58. The summed E-state index contributed by atoms with van der Waals surface area (Å²) in [5.74, 6) is 0.749. The van der Waals surface area contributed by atoms with Crippen molar-refractivity contribution in [3.05, 3.63) is 0 Å². The second-order valence-electron chi connectivity index (χ2n) is 3.37. The standard InChI is InChI=1S/C8H16N2O.2ClH/c1-2-9-6-8-7(1)5-10-3-4-11-8;;/h7-10H,1-6H2;2*1H. The average Bonchev–Trinajstić information content (AvgIpc) is 2.28. The van der Waals surface area contributed by atoms with Crippen LogP contribution in [-0.4, -0.2) is 38.9 Å². The Hall–Kier alpha value is 0.460. The van der Waals surface area contributed by atoms with Crippen LogP contribution in [0.1, 0.15) is 6.42 Å². The van der Waals surface area contributed by atoms with Gasteiger partial charge >= 0.3 is 0 Å². The van der Waals surface area contributed by atoms with Crippen molar-refractivity contribution in [2.75, 3.05) is 32.8 Å². The number of halogens is 2. The topological polar surface area (TPSA) is 33.3 Å². The van der Waals surface area contributed by atoms with E-state index in [2.05, 4.69) is 10.6 Å². The number of piperidine rings is 1. The highest BCUT2D eigenvalue weighted by Gasteiger charge is 2.26. The Morgan fingerprint density at radius 2 is 1.77 bits per heavy atom. The SMILES string of the molecule is C1COC2CNCCC2CN1.Cl.Cl. The van der Waals surface area contributed by atoms with E-state index in [1.807, 2.05) is 0 Å². The number of fused-ring (bicyclic) bond motifs is 1. The molecule has 0 aromatic rings.